The van der Waals surface area contributed by atoms with Crippen LogP contribution >= 0.6 is 11.8 Å². The van der Waals surface area contributed by atoms with Crippen LogP contribution in [0.1, 0.15) is 69.3 Å². The quantitative estimate of drug-likeness (QED) is 0.0406. The topological polar surface area (TPSA) is 146 Å². The first kappa shape index (κ1) is 68.1. The molecule has 2 aliphatic rings. The first-order chi connectivity index (χ1) is 47.3. The average molecular weight is 1330 g/mol. The zero-order chi connectivity index (χ0) is 67.0. The zero-order valence-corrected chi connectivity index (χ0v) is 56.7. The molecule has 0 aliphatic carbocycles. The minimum atomic E-state index is -3.40. The minimum absolute atomic E-state index is 0.0374. The number of carbonyl (C=O) groups is 3. The maximum absolute atomic E-state index is 15.2. The van der Waals surface area contributed by atoms with Gasteiger partial charge in [0.05, 0.1) is 50.6 Å². The molecule has 496 valence electrons. The van der Waals surface area contributed by atoms with E-state index in [1.807, 2.05) is 201 Å². The number of rotatable bonds is 26. The Morgan fingerprint density at radius 3 is 1.53 bits per heavy atom. The van der Waals surface area contributed by atoms with Crippen LogP contribution in [0.2, 0.25) is 5.04 Å². The number of ether oxygens (including phenoxy) is 8. The molecule has 2 saturated heterocycles. The van der Waals surface area contributed by atoms with Gasteiger partial charge in [-0.1, -0.05) is 275 Å². The molecule has 2 heterocycles. The second-order valence-electron chi connectivity index (χ2n) is 25.5. The Kier molecular flexibility index (Phi) is 22.8. The monoisotopic (exact) mass is 1330 g/mol. The molecule has 0 bridgehead atoms. The van der Waals surface area contributed by atoms with Crippen LogP contribution < -0.4 is 15.7 Å². The summed E-state index contributed by atoms with van der Waals surface area (Å²) in [5, 5.41) is 6.95. The SMILES string of the molecule is Cc1ccc(S[C@@H]2O[C@H](CO[Si](c3ccccc3)(c3ccccc3)C(C)(C)C)[C@@H](O[C@H]3O[C@H](COCc4ccccc4)[C@@H](OCc4ccc5ccccc5c4)[C@H](OC(=O)c4ccccc4)[C@H]3NC(=O)Cc3ccccc3)[C@H](OCc3ccccc3)[C@H]2OC(=O)c2ccccc2)cc1. The van der Waals surface area contributed by atoms with E-state index in [0.717, 1.165) is 53.9 Å². The molecule has 1 N–H and O–H groups in total. The molecule has 13 nitrogen and oxygen atoms in total. The van der Waals surface area contributed by atoms with Crippen molar-refractivity contribution in [3.05, 3.63) is 318 Å². The van der Waals surface area contributed by atoms with Gasteiger partial charge in [0, 0.05) is 4.90 Å². The molecule has 10 atom stereocenters. The van der Waals surface area contributed by atoms with Gasteiger partial charge in [0.2, 0.25) is 5.91 Å². The lowest BCUT2D eigenvalue weighted by molar-refractivity contribution is -0.326. The summed E-state index contributed by atoms with van der Waals surface area (Å²) >= 11 is 1.40. The molecule has 15 heteroatoms. The van der Waals surface area contributed by atoms with E-state index in [4.69, 9.17) is 42.3 Å². The number of carbonyl (C=O) groups excluding carboxylic acids is 3. The normalized spacial score (nSPS) is 21.1. The number of nitrogens with one attached hydrogen (secondary N) is 1. The molecule has 0 aromatic heterocycles. The van der Waals surface area contributed by atoms with Gasteiger partial charge in [-0.2, -0.15) is 0 Å². The van der Waals surface area contributed by atoms with Crippen molar-refractivity contribution in [1.82, 2.24) is 5.32 Å². The number of thioether (sulfide) groups is 1. The fourth-order valence-electron chi connectivity index (χ4n) is 12.8. The molecule has 0 unspecified atom stereocenters. The Morgan fingerprint density at radius 2 is 0.948 bits per heavy atom. The molecule has 0 spiro atoms. The molecule has 10 aromatic rings. The Bertz CT molecular complexity index is 4080. The van der Waals surface area contributed by atoms with Crippen LogP contribution in [0.3, 0.4) is 0 Å². The Morgan fingerprint density at radius 1 is 0.464 bits per heavy atom. The van der Waals surface area contributed by atoms with E-state index in [1.54, 1.807) is 48.5 Å². The van der Waals surface area contributed by atoms with Gasteiger partial charge in [-0.25, -0.2) is 9.59 Å². The van der Waals surface area contributed by atoms with E-state index in [0.29, 0.717) is 5.56 Å². The van der Waals surface area contributed by atoms with Crippen molar-refractivity contribution in [1.29, 1.82) is 0 Å². The van der Waals surface area contributed by atoms with Gasteiger partial charge in [-0.15, -0.1) is 0 Å². The molecule has 1 amide bonds. The van der Waals surface area contributed by atoms with Gasteiger partial charge in [0.25, 0.3) is 8.32 Å². The molecular weight excluding hydrogens is 1250 g/mol. The maximum Gasteiger partial charge on any atom is 0.338 e. The molecule has 0 saturated carbocycles. The summed E-state index contributed by atoms with van der Waals surface area (Å²) in [4.78, 5) is 46.1. The van der Waals surface area contributed by atoms with Crippen LogP contribution in [0.5, 0.6) is 0 Å². The van der Waals surface area contributed by atoms with Crippen molar-refractivity contribution in [2.24, 2.45) is 0 Å². The largest absolute Gasteiger partial charge is 0.453 e. The second-order valence-corrected chi connectivity index (χ2v) is 31.0. The fraction of sp³-hybridized carbons (Fsp3) is 0.256. The van der Waals surface area contributed by atoms with Crippen molar-refractivity contribution in [3.8, 4) is 0 Å². The molecule has 0 radical (unpaired) electrons. The summed E-state index contributed by atoms with van der Waals surface area (Å²) in [6.07, 6.45) is -9.80. The van der Waals surface area contributed by atoms with E-state index in [2.05, 4.69) is 62.5 Å². The van der Waals surface area contributed by atoms with Crippen LogP contribution in [0.15, 0.2) is 284 Å². The lowest BCUT2D eigenvalue weighted by atomic mass is 9.94. The van der Waals surface area contributed by atoms with Gasteiger partial charge in [-0.3, -0.25) is 4.79 Å². The van der Waals surface area contributed by atoms with Gasteiger partial charge in [0.15, 0.2) is 18.5 Å². The number of hydrogen-bond donors (Lipinski definition) is 1. The molecule has 2 fully saturated rings. The Hall–Kier alpha value is -8.84. The van der Waals surface area contributed by atoms with E-state index < -0.39 is 91.7 Å². The summed E-state index contributed by atoms with van der Waals surface area (Å²) < 4.78 is 65.7. The number of hydrogen-bond acceptors (Lipinski definition) is 13. The third kappa shape index (κ3) is 17.1. The minimum Gasteiger partial charge on any atom is -0.453 e. The second kappa shape index (κ2) is 32.5. The molecular formula is C82H81NO12SSi. The highest BCUT2D eigenvalue weighted by Crippen LogP contribution is 2.43. The van der Waals surface area contributed by atoms with Crippen molar-refractivity contribution < 1.29 is 56.7 Å². The summed E-state index contributed by atoms with van der Waals surface area (Å²) in [6, 6.07) is 88.1. The van der Waals surface area contributed by atoms with Crippen molar-refractivity contribution in [2.45, 2.75) is 124 Å². The van der Waals surface area contributed by atoms with Gasteiger partial charge >= 0.3 is 11.9 Å². The van der Waals surface area contributed by atoms with Crippen LogP contribution in [-0.2, 0) is 73.4 Å². The average Bonchev–Trinajstić information content (AvgIpc) is 0.754. The number of aryl methyl sites for hydroxylation is 1. The maximum atomic E-state index is 15.2. The standard InChI is InChI=1S/C82H81NO12SSi/c1-57-44-48-66(49-45-57)96-81-77(94-79(86)64-37-20-9-21-38-64)76(89-53-60-32-16-7-17-33-60)74(70(92-81)56-90-97(82(2,3)4,67-40-22-10-23-41-67)68-42-24-11-25-43-68)95-80-72(83-71(84)51-58-28-12-5-13-29-58)75(93-78(85)63-35-18-8-19-36-63)73(69(91-80)55-87-52-59-30-14-6-15-31-59)88-54-61-46-47-62-34-26-27-39-65(62)50-61/h5-50,69-70,72-77,80-81H,51-56H2,1-4H3,(H,83,84)/t69-,70-,72-,73-,74-,75-,76+,77-,80-,81+/m1/s1. The van der Waals surface area contributed by atoms with Crippen molar-refractivity contribution in [3.63, 3.8) is 0 Å². The van der Waals surface area contributed by atoms with Crippen LogP contribution in [0.4, 0.5) is 0 Å². The van der Waals surface area contributed by atoms with Crippen molar-refractivity contribution in [2.75, 3.05) is 13.2 Å². The summed E-state index contributed by atoms with van der Waals surface area (Å²) in [5.41, 5.74) is 4.00. The molecule has 97 heavy (non-hydrogen) atoms. The van der Waals surface area contributed by atoms with E-state index >= 15 is 9.59 Å². The molecule has 2 aliphatic heterocycles. The summed E-state index contributed by atoms with van der Waals surface area (Å²) in [5.74, 6) is -1.72. The van der Waals surface area contributed by atoms with E-state index in [-0.39, 0.29) is 45.0 Å². The Balaban J connectivity index is 1.03. The van der Waals surface area contributed by atoms with Gasteiger partial charge < -0.3 is 47.6 Å². The lowest BCUT2D eigenvalue weighted by Gasteiger charge is -2.51. The highest BCUT2D eigenvalue weighted by molar-refractivity contribution is 7.99. The van der Waals surface area contributed by atoms with Crippen LogP contribution in [0, 0.1) is 6.92 Å². The van der Waals surface area contributed by atoms with E-state index in [1.165, 1.54) is 11.8 Å². The smallest absolute Gasteiger partial charge is 0.338 e. The molecule has 10 aromatic carbocycles. The first-order valence-corrected chi connectivity index (χ1v) is 35.8. The van der Waals surface area contributed by atoms with Crippen molar-refractivity contribution >= 4 is 59.1 Å². The molecule has 12 rings (SSSR count). The number of amides is 1. The summed E-state index contributed by atoms with van der Waals surface area (Å²) in [7, 11) is -3.40. The van der Waals surface area contributed by atoms with Gasteiger partial charge in [0.1, 0.15) is 42.0 Å². The zero-order valence-electron chi connectivity index (χ0n) is 54.9. The fourth-order valence-corrected chi connectivity index (χ4v) is 18.5. The third-order valence-electron chi connectivity index (χ3n) is 17.7. The van der Waals surface area contributed by atoms with Gasteiger partial charge in [-0.05, 0) is 97.8 Å². The lowest BCUT2D eigenvalue weighted by Crippen LogP contribution is -2.70. The number of benzene rings is 10. The highest BCUT2D eigenvalue weighted by atomic mass is 32.2. The third-order valence-corrected chi connectivity index (χ3v) is 23.8. The van der Waals surface area contributed by atoms with E-state index in [9.17, 15) is 4.79 Å². The number of esters is 2. The number of fused-ring (bicyclic) bond motifs is 1. The summed E-state index contributed by atoms with van der Waals surface area (Å²) in [6.45, 7) is 8.76. The van der Waals surface area contributed by atoms with Crippen LogP contribution in [-0.4, -0.2) is 99.9 Å². The predicted molar refractivity (Wildman–Crippen MR) is 380 cm³/mol. The Labute approximate surface area is 573 Å². The first-order valence-electron chi connectivity index (χ1n) is 33.0. The highest BCUT2D eigenvalue weighted by Gasteiger charge is 2.58. The van der Waals surface area contributed by atoms with Crippen LogP contribution in [0.25, 0.3) is 10.8 Å². The predicted octanol–water partition coefficient (Wildman–Crippen LogP) is 14.2.